The molecule has 0 aliphatic carbocycles. The molecule has 4 nitrogen and oxygen atoms in total. The summed E-state index contributed by atoms with van der Waals surface area (Å²) in [7, 11) is 0. The van der Waals surface area contributed by atoms with Crippen LogP contribution in [0.15, 0.2) is 24.3 Å². The topological polar surface area (TPSA) is 41.6 Å². The zero-order valence-corrected chi connectivity index (χ0v) is 17.2. The third-order valence-electron chi connectivity index (χ3n) is 5.90. The van der Waals surface area contributed by atoms with Crippen molar-refractivity contribution >= 4 is 39.7 Å². The van der Waals surface area contributed by atoms with Crippen LogP contribution in [0.3, 0.4) is 0 Å². The van der Waals surface area contributed by atoms with Crippen molar-refractivity contribution in [1.29, 1.82) is 0 Å². The van der Waals surface area contributed by atoms with Crippen LogP contribution >= 0.6 is 23.7 Å². The third kappa shape index (κ3) is 3.32. The maximum atomic E-state index is 12.9. The number of hydrogen-bond acceptors (Lipinski definition) is 4. The number of ether oxygens (including phenoxy) is 1. The molecule has 2 bridgehead atoms. The predicted octanol–water partition coefficient (Wildman–Crippen LogP) is 4.32. The number of amides is 1. The smallest absolute Gasteiger partial charge is 0.261 e. The van der Waals surface area contributed by atoms with Crippen LogP contribution in [-0.4, -0.2) is 42.1 Å². The largest absolute Gasteiger partial charge is 0.494 e. The number of nitrogens with one attached hydrogen (secondary N) is 1. The number of nitrogens with zero attached hydrogens (tertiary/aromatic N) is 1. The van der Waals surface area contributed by atoms with E-state index in [-0.39, 0.29) is 29.9 Å². The number of hydrogen-bond donors (Lipinski definition) is 1. The second-order valence-corrected chi connectivity index (χ2v) is 8.76. The molecule has 2 aromatic rings. The summed E-state index contributed by atoms with van der Waals surface area (Å²) >= 11 is 1.55. The molecule has 0 saturated carbocycles. The van der Waals surface area contributed by atoms with Crippen LogP contribution in [0, 0.1) is 5.92 Å². The average Bonchev–Trinajstić information content (AvgIpc) is 3.02. The molecule has 142 valence electrons. The normalized spacial score (nSPS) is 26.3. The number of piperidine rings is 3. The Morgan fingerprint density at radius 3 is 2.69 bits per heavy atom. The van der Waals surface area contributed by atoms with Gasteiger partial charge in [0.1, 0.15) is 5.75 Å². The number of carbonyl (C=O) groups excluding carboxylic acids is 1. The Bertz CT molecular complexity index is 796. The minimum Gasteiger partial charge on any atom is -0.494 e. The standard InChI is InChI=1S/C20H26N2O2S.ClH/c1-4-24-15-6-5-14-11-17(25-16(14)12-15)19(23)21-18-13-7-9-22(10-8-13)20(18,2)3;/h5-6,11-13,18H,4,7-10H2,1-3H3,(H,21,23);1H. The van der Waals surface area contributed by atoms with Gasteiger partial charge < -0.3 is 10.1 Å². The predicted molar refractivity (Wildman–Crippen MR) is 110 cm³/mol. The van der Waals surface area contributed by atoms with Crippen molar-refractivity contribution in [3.05, 3.63) is 29.1 Å². The van der Waals surface area contributed by atoms with Gasteiger partial charge in [-0.3, -0.25) is 9.69 Å². The number of halogens is 1. The van der Waals surface area contributed by atoms with Crippen molar-refractivity contribution in [3.63, 3.8) is 0 Å². The van der Waals surface area contributed by atoms with Crippen LogP contribution in [0.2, 0.25) is 0 Å². The van der Waals surface area contributed by atoms with Gasteiger partial charge in [0.25, 0.3) is 5.91 Å². The second-order valence-electron chi connectivity index (χ2n) is 7.67. The van der Waals surface area contributed by atoms with E-state index in [1.165, 1.54) is 12.8 Å². The summed E-state index contributed by atoms with van der Waals surface area (Å²) in [6.07, 6.45) is 2.39. The molecular formula is C20H27ClN2O2S. The first-order chi connectivity index (χ1) is 12.0. The zero-order valence-electron chi connectivity index (χ0n) is 15.6. The van der Waals surface area contributed by atoms with Gasteiger partial charge in [0.15, 0.2) is 0 Å². The lowest BCUT2D eigenvalue weighted by Gasteiger charge is -2.56. The molecule has 0 spiro atoms. The molecule has 3 aliphatic heterocycles. The van der Waals surface area contributed by atoms with Gasteiger partial charge in [0.05, 0.1) is 11.5 Å². The summed E-state index contributed by atoms with van der Waals surface area (Å²) in [6, 6.07) is 8.26. The molecule has 1 amide bonds. The summed E-state index contributed by atoms with van der Waals surface area (Å²) in [6.45, 7) is 9.48. The fourth-order valence-corrected chi connectivity index (χ4v) is 5.46. The van der Waals surface area contributed by atoms with Crippen molar-refractivity contribution in [1.82, 2.24) is 10.2 Å². The number of thiophene rings is 1. The van der Waals surface area contributed by atoms with E-state index >= 15 is 0 Å². The minimum atomic E-state index is 0. The molecule has 1 aromatic carbocycles. The maximum absolute atomic E-state index is 12.9. The van der Waals surface area contributed by atoms with E-state index in [0.29, 0.717) is 12.5 Å². The molecule has 1 aromatic heterocycles. The van der Waals surface area contributed by atoms with Gasteiger partial charge in [-0.2, -0.15) is 0 Å². The van der Waals surface area contributed by atoms with E-state index in [1.54, 1.807) is 11.3 Å². The fourth-order valence-electron chi connectivity index (χ4n) is 4.47. The van der Waals surface area contributed by atoms with Crippen LogP contribution in [0.25, 0.3) is 10.1 Å². The van der Waals surface area contributed by atoms with Gasteiger partial charge in [0.2, 0.25) is 0 Å². The molecular weight excluding hydrogens is 368 g/mol. The molecule has 1 N–H and O–H groups in total. The molecule has 3 aliphatic rings. The summed E-state index contributed by atoms with van der Waals surface area (Å²) in [4.78, 5) is 16.2. The number of carbonyl (C=O) groups is 1. The lowest BCUT2D eigenvalue weighted by Crippen LogP contribution is -2.69. The Kier molecular flexibility index (Phi) is 5.52. The molecule has 1 atom stereocenters. The minimum absolute atomic E-state index is 0. The van der Waals surface area contributed by atoms with E-state index in [9.17, 15) is 4.79 Å². The van der Waals surface area contributed by atoms with Crippen molar-refractivity contribution in [2.24, 2.45) is 5.92 Å². The highest BCUT2D eigenvalue weighted by Crippen LogP contribution is 2.39. The van der Waals surface area contributed by atoms with Crippen molar-refractivity contribution in [2.45, 2.75) is 45.2 Å². The Morgan fingerprint density at radius 2 is 2.04 bits per heavy atom. The van der Waals surface area contributed by atoms with Gasteiger partial charge in [0, 0.05) is 16.3 Å². The van der Waals surface area contributed by atoms with Gasteiger partial charge in [-0.05, 0) is 82.3 Å². The number of benzene rings is 1. The zero-order chi connectivity index (χ0) is 17.6. The van der Waals surface area contributed by atoms with Gasteiger partial charge in [-0.1, -0.05) is 0 Å². The molecule has 3 saturated heterocycles. The number of fused-ring (bicyclic) bond motifs is 4. The van der Waals surface area contributed by atoms with Crippen molar-refractivity contribution in [3.8, 4) is 5.75 Å². The molecule has 5 rings (SSSR count). The number of rotatable bonds is 4. The summed E-state index contributed by atoms with van der Waals surface area (Å²) in [5, 5.41) is 4.46. The Hall–Kier alpha value is -1.30. The van der Waals surface area contributed by atoms with Crippen LogP contribution < -0.4 is 10.1 Å². The summed E-state index contributed by atoms with van der Waals surface area (Å²) in [5.41, 5.74) is 0.0373. The monoisotopic (exact) mass is 394 g/mol. The van der Waals surface area contributed by atoms with E-state index in [2.05, 4.69) is 24.1 Å². The van der Waals surface area contributed by atoms with Gasteiger partial charge in [-0.15, -0.1) is 23.7 Å². The highest BCUT2D eigenvalue weighted by molar-refractivity contribution is 7.20. The van der Waals surface area contributed by atoms with Crippen LogP contribution in [0.5, 0.6) is 5.75 Å². The van der Waals surface area contributed by atoms with E-state index in [4.69, 9.17) is 4.74 Å². The molecule has 4 heterocycles. The van der Waals surface area contributed by atoms with Gasteiger partial charge >= 0.3 is 0 Å². The maximum Gasteiger partial charge on any atom is 0.261 e. The molecule has 26 heavy (non-hydrogen) atoms. The van der Waals surface area contributed by atoms with E-state index < -0.39 is 0 Å². The quantitative estimate of drug-likeness (QED) is 0.839. The third-order valence-corrected chi connectivity index (χ3v) is 7.00. The van der Waals surface area contributed by atoms with Crippen molar-refractivity contribution in [2.75, 3.05) is 19.7 Å². The van der Waals surface area contributed by atoms with Crippen LogP contribution in [0.4, 0.5) is 0 Å². The fraction of sp³-hybridized carbons (Fsp3) is 0.550. The van der Waals surface area contributed by atoms with Crippen molar-refractivity contribution < 1.29 is 9.53 Å². The summed E-state index contributed by atoms with van der Waals surface area (Å²) < 4.78 is 6.67. The van der Waals surface area contributed by atoms with E-state index in [1.807, 2.05) is 31.2 Å². The van der Waals surface area contributed by atoms with Crippen LogP contribution in [-0.2, 0) is 0 Å². The second kappa shape index (κ2) is 7.37. The Morgan fingerprint density at radius 1 is 1.31 bits per heavy atom. The first-order valence-electron chi connectivity index (χ1n) is 9.21. The Labute approximate surface area is 165 Å². The summed E-state index contributed by atoms with van der Waals surface area (Å²) in [5.74, 6) is 1.52. The van der Waals surface area contributed by atoms with E-state index in [0.717, 1.165) is 33.8 Å². The highest BCUT2D eigenvalue weighted by atomic mass is 35.5. The highest BCUT2D eigenvalue weighted by Gasteiger charge is 2.48. The molecule has 0 radical (unpaired) electrons. The molecule has 6 heteroatoms. The average molecular weight is 395 g/mol. The van der Waals surface area contributed by atoms with Gasteiger partial charge in [-0.25, -0.2) is 0 Å². The lowest BCUT2D eigenvalue weighted by molar-refractivity contribution is -0.0377. The van der Waals surface area contributed by atoms with Crippen LogP contribution in [0.1, 0.15) is 43.3 Å². The molecule has 1 unspecified atom stereocenters. The molecule has 3 fully saturated rings. The first kappa shape index (κ1) is 19.5. The lowest BCUT2D eigenvalue weighted by atomic mass is 9.72. The SMILES string of the molecule is CCOc1ccc2cc(C(=O)NC3C4CCN(CC4)C3(C)C)sc2c1.Cl. The Balaban J connectivity index is 0.00000196. The first-order valence-corrected chi connectivity index (χ1v) is 10.0.